The minimum Gasteiger partial charge on any atom is -0.338 e. The van der Waals surface area contributed by atoms with E-state index >= 15 is 0 Å². The summed E-state index contributed by atoms with van der Waals surface area (Å²) in [5.74, 6) is 1.37. The van der Waals surface area contributed by atoms with Crippen LogP contribution in [0.3, 0.4) is 0 Å². The van der Waals surface area contributed by atoms with Gasteiger partial charge in [0.05, 0.1) is 0 Å². The van der Waals surface area contributed by atoms with Gasteiger partial charge in [-0.05, 0) is 18.3 Å². The van der Waals surface area contributed by atoms with Crippen LogP contribution in [0.1, 0.15) is 33.6 Å². The molecule has 2 aliphatic rings. The van der Waals surface area contributed by atoms with E-state index in [-0.39, 0.29) is 11.3 Å². The van der Waals surface area contributed by atoms with Gasteiger partial charge in [-0.1, -0.05) is 26.8 Å². The van der Waals surface area contributed by atoms with E-state index in [0.29, 0.717) is 5.25 Å². The Morgan fingerprint density at radius 1 is 1.50 bits per heavy atom. The molecule has 1 amide bonds. The minimum atomic E-state index is 0.249. The highest BCUT2D eigenvalue weighted by molar-refractivity contribution is 7.99. The van der Waals surface area contributed by atoms with Crippen LogP contribution in [0, 0.1) is 5.41 Å². The lowest BCUT2D eigenvalue weighted by molar-refractivity contribution is -0.127. The first-order valence-corrected chi connectivity index (χ1v) is 7.15. The second kappa shape index (κ2) is 4.44. The summed E-state index contributed by atoms with van der Waals surface area (Å²) in [6.07, 6.45) is 4.22. The molecule has 1 saturated heterocycles. The molecular formula is C13H21NOS. The smallest absolute Gasteiger partial charge is 0.249 e. The highest BCUT2D eigenvalue weighted by Gasteiger charge is 2.33. The maximum atomic E-state index is 12.2. The van der Waals surface area contributed by atoms with E-state index in [0.717, 1.165) is 37.3 Å². The summed E-state index contributed by atoms with van der Waals surface area (Å²) in [7, 11) is 0. The second-order valence-corrected chi connectivity index (χ2v) is 7.14. The Bertz CT molecular complexity index is 322. The Morgan fingerprint density at radius 2 is 2.19 bits per heavy atom. The maximum Gasteiger partial charge on any atom is 0.249 e. The summed E-state index contributed by atoms with van der Waals surface area (Å²) in [6, 6.07) is 0. The van der Waals surface area contributed by atoms with Crippen LogP contribution in [0.2, 0.25) is 0 Å². The molecule has 1 unspecified atom stereocenters. The van der Waals surface area contributed by atoms with Crippen LogP contribution in [-0.2, 0) is 4.79 Å². The van der Waals surface area contributed by atoms with Crippen molar-refractivity contribution in [3.8, 4) is 0 Å². The number of carbonyl (C=O) groups excluding carboxylic acids is 1. The number of hydrogen-bond acceptors (Lipinski definition) is 2. The zero-order chi connectivity index (χ0) is 11.8. The fourth-order valence-corrected chi connectivity index (χ4v) is 3.37. The fraction of sp³-hybridized carbons (Fsp3) is 0.769. The Kier molecular flexibility index (Phi) is 3.34. The molecule has 2 rings (SSSR count). The number of rotatable bonds is 1. The van der Waals surface area contributed by atoms with Gasteiger partial charge in [-0.2, -0.15) is 11.8 Å². The van der Waals surface area contributed by atoms with E-state index in [4.69, 9.17) is 0 Å². The van der Waals surface area contributed by atoms with Crippen molar-refractivity contribution in [1.82, 2.24) is 4.90 Å². The van der Waals surface area contributed by atoms with Crippen LogP contribution in [0.15, 0.2) is 11.6 Å². The predicted molar refractivity (Wildman–Crippen MR) is 69.6 cm³/mol. The number of amides is 1. The highest BCUT2D eigenvalue weighted by Crippen LogP contribution is 2.38. The largest absolute Gasteiger partial charge is 0.338 e. The topological polar surface area (TPSA) is 20.3 Å². The molecule has 1 aliphatic heterocycles. The summed E-state index contributed by atoms with van der Waals surface area (Å²) in [5.41, 5.74) is 1.28. The fourth-order valence-electron chi connectivity index (χ4n) is 2.37. The van der Waals surface area contributed by atoms with Gasteiger partial charge in [-0.3, -0.25) is 4.79 Å². The van der Waals surface area contributed by atoms with Crippen LogP contribution in [0.4, 0.5) is 0 Å². The molecule has 0 spiro atoms. The van der Waals surface area contributed by atoms with Crippen LogP contribution in [-0.4, -0.2) is 34.9 Å². The molecule has 1 heterocycles. The van der Waals surface area contributed by atoms with Crippen molar-refractivity contribution in [1.29, 1.82) is 0 Å². The van der Waals surface area contributed by atoms with Crippen molar-refractivity contribution in [3.05, 3.63) is 11.6 Å². The Morgan fingerprint density at radius 3 is 2.81 bits per heavy atom. The monoisotopic (exact) mass is 239 g/mol. The van der Waals surface area contributed by atoms with E-state index in [9.17, 15) is 4.79 Å². The summed E-state index contributed by atoms with van der Waals surface area (Å²) < 4.78 is 0. The van der Waals surface area contributed by atoms with Gasteiger partial charge in [-0.15, -0.1) is 0 Å². The summed E-state index contributed by atoms with van der Waals surface area (Å²) >= 11 is 1.98. The molecule has 0 N–H and O–H groups in total. The standard InChI is InChI=1S/C13H21NOS/c1-10-4-5-14(6-7-16-10)12(15)11-8-13(2,3)9-11/h8,10H,4-7,9H2,1-3H3. The molecule has 90 valence electrons. The van der Waals surface area contributed by atoms with Gasteiger partial charge in [0.25, 0.3) is 0 Å². The van der Waals surface area contributed by atoms with Crippen molar-refractivity contribution < 1.29 is 4.79 Å². The van der Waals surface area contributed by atoms with E-state index < -0.39 is 0 Å². The van der Waals surface area contributed by atoms with Crippen molar-refractivity contribution in [2.75, 3.05) is 18.8 Å². The third kappa shape index (κ3) is 2.62. The lowest BCUT2D eigenvalue weighted by atomic mass is 9.74. The second-order valence-electron chi connectivity index (χ2n) is 5.60. The zero-order valence-corrected chi connectivity index (χ0v) is 11.3. The van der Waals surface area contributed by atoms with Gasteiger partial charge < -0.3 is 4.90 Å². The third-order valence-corrected chi connectivity index (χ3v) is 4.57. The molecule has 1 fully saturated rings. The number of thioether (sulfide) groups is 1. The average Bonchev–Trinajstić information content (AvgIpc) is 2.38. The molecule has 3 heteroatoms. The molecule has 0 saturated carbocycles. The van der Waals surface area contributed by atoms with Gasteiger partial charge >= 0.3 is 0 Å². The SMILES string of the molecule is CC1CCN(C(=O)C2=CC(C)(C)C2)CCS1. The van der Waals surface area contributed by atoms with Crippen molar-refractivity contribution in [2.45, 2.75) is 38.9 Å². The summed E-state index contributed by atoms with van der Waals surface area (Å²) in [5, 5.41) is 0.699. The normalized spacial score (nSPS) is 29.1. The molecule has 1 atom stereocenters. The Hall–Kier alpha value is -0.440. The van der Waals surface area contributed by atoms with E-state index in [1.807, 2.05) is 16.7 Å². The van der Waals surface area contributed by atoms with Gasteiger partial charge in [0.1, 0.15) is 0 Å². The van der Waals surface area contributed by atoms with Crippen LogP contribution < -0.4 is 0 Å². The van der Waals surface area contributed by atoms with E-state index in [1.165, 1.54) is 0 Å². The molecule has 0 aromatic heterocycles. The summed E-state index contributed by atoms with van der Waals surface area (Å²) in [4.78, 5) is 14.2. The van der Waals surface area contributed by atoms with Gasteiger partial charge in [-0.25, -0.2) is 0 Å². The first kappa shape index (κ1) is 12.0. The zero-order valence-electron chi connectivity index (χ0n) is 10.5. The van der Waals surface area contributed by atoms with Crippen LogP contribution >= 0.6 is 11.8 Å². The third-order valence-electron chi connectivity index (χ3n) is 3.34. The van der Waals surface area contributed by atoms with E-state index in [1.54, 1.807) is 0 Å². The predicted octanol–water partition coefficient (Wildman–Crippen LogP) is 2.70. The minimum absolute atomic E-state index is 0.249. The molecule has 1 aliphatic carbocycles. The molecule has 0 bridgehead atoms. The molecule has 0 aromatic rings. The lowest BCUT2D eigenvalue weighted by Gasteiger charge is -2.34. The van der Waals surface area contributed by atoms with Gasteiger partial charge in [0.2, 0.25) is 5.91 Å². The first-order valence-electron chi connectivity index (χ1n) is 6.10. The summed E-state index contributed by atoms with van der Waals surface area (Å²) in [6.45, 7) is 8.48. The number of allylic oxidation sites excluding steroid dienone is 1. The van der Waals surface area contributed by atoms with Gasteiger partial charge in [0, 0.05) is 29.7 Å². The van der Waals surface area contributed by atoms with Crippen molar-refractivity contribution >= 4 is 17.7 Å². The molecule has 0 radical (unpaired) electrons. The number of hydrogen-bond donors (Lipinski definition) is 0. The molecule has 16 heavy (non-hydrogen) atoms. The average molecular weight is 239 g/mol. The van der Waals surface area contributed by atoms with Crippen molar-refractivity contribution in [2.24, 2.45) is 5.41 Å². The number of carbonyl (C=O) groups is 1. The Balaban J connectivity index is 1.95. The molecule has 0 aromatic carbocycles. The van der Waals surface area contributed by atoms with Gasteiger partial charge in [0.15, 0.2) is 0 Å². The highest BCUT2D eigenvalue weighted by atomic mass is 32.2. The molecular weight excluding hydrogens is 218 g/mol. The van der Waals surface area contributed by atoms with E-state index in [2.05, 4.69) is 26.8 Å². The molecule has 2 nitrogen and oxygen atoms in total. The quantitative estimate of drug-likeness (QED) is 0.701. The van der Waals surface area contributed by atoms with Crippen molar-refractivity contribution in [3.63, 3.8) is 0 Å². The first-order chi connectivity index (χ1) is 7.48. The number of nitrogens with zero attached hydrogens (tertiary/aromatic N) is 1. The van der Waals surface area contributed by atoms with Crippen LogP contribution in [0.25, 0.3) is 0 Å². The lowest BCUT2D eigenvalue weighted by Crippen LogP contribution is -2.38. The Labute approximate surface area is 102 Å². The maximum absolute atomic E-state index is 12.2. The van der Waals surface area contributed by atoms with Crippen LogP contribution in [0.5, 0.6) is 0 Å².